The summed E-state index contributed by atoms with van der Waals surface area (Å²) in [7, 11) is 2.21. The molecule has 1 aromatic rings. The Balaban J connectivity index is 1.73. The first-order valence-corrected chi connectivity index (χ1v) is 6.74. The number of furan rings is 1. The summed E-state index contributed by atoms with van der Waals surface area (Å²) in [6, 6.07) is 4.74. The Morgan fingerprint density at radius 3 is 2.94 bits per heavy atom. The molecule has 0 bridgehead atoms. The lowest BCUT2D eigenvalue weighted by Crippen LogP contribution is -2.48. The summed E-state index contributed by atoms with van der Waals surface area (Å²) in [6.07, 6.45) is 5.67. The minimum absolute atomic E-state index is 0.726. The second-order valence-electron chi connectivity index (χ2n) is 5.10. The molecule has 1 aromatic heterocycles. The molecular weight excluding hydrogens is 212 g/mol. The van der Waals surface area contributed by atoms with Crippen LogP contribution in [-0.4, -0.2) is 31.1 Å². The van der Waals surface area contributed by atoms with Crippen LogP contribution in [0.2, 0.25) is 0 Å². The quantitative estimate of drug-likeness (QED) is 0.737. The molecule has 1 aliphatic rings. The SMILES string of the molecule is CCCNCC1CCC1N(C)Cc1ccco1. The molecule has 1 N–H and O–H groups in total. The van der Waals surface area contributed by atoms with Crippen LogP contribution in [0.1, 0.15) is 31.9 Å². The van der Waals surface area contributed by atoms with E-state index >= 15 is 0 Å². The van der Waals surface area contributed by atoms with Crippen molar-refractivity contribution in [3.05, 3.63) is 24.2 Å². The van der Waals surface area contributed by atoms with Gasteiger partial charge in [-0.2, -0.15) is 0 Å². The van der Waals surface area contributed by atoms with E-state index in [4.69, 9.17) is 4.42 Å². The van der Waals surface area contributed by atoms with Crippen LogP contribution in [0.25, 0.3) is 0 Å². The van der Waals surface area contributed by atoms with E-state index in [1.807, 2.05) is 6.07 Å². The molecular formula is C14H24N2O. The lowest BCUT2D eigenvalue weighted by atomic mass is 9.78. The first-order chi connectivity index (χ1) is 8.31. The third kappa shape index (κ3) is 3.33. The van der Waals surface area contributed by atoms with Crippen molar-refractivity contribution in [2.45, 2.75) is 38.8 Å². The van der Waals surface area contributed by atoms with Gasteiger partial charge in [-0.3, -0.25) is 4.90 Å². The van der Waals surface area contributed by atoms with Crippen LogP contribution in [0.3, 0.4) is 0 Å². The Bertz CT molecular complexity index is 310. The molecule has 1 aliphatic carbocycles. The van der Waals surface area contributed by atoms with Gasteiger partial charge < -0.3 is 9.73 Å². The average Bonchev–Trinajstić information content (AvgIpc) is 2.75. The van der Waals surface area contributed by atoms with E-state index in [1.54, 1.807) is 6.26 Å². The zero-order valence-corrected chi connectivity index (χ0v) is 11.0. The lowest BCUT2D eigenvalue weighted by Gasteiger charge is -2.42. The zero-order chi connectivity index (χ0) is 12.1. The van der Waals surface area contributed by atoms with Crippen LogP contribution in [0.4, 0.5) is 0 Å². The largest absolute Gasteiger partial charge is 0.468 e. The Labute approximate surface area is 104 Å². The van der Waals surface area contributed by atoms with Gasteiger partial charge in [-0.15, -0.1) is 0 Å². The lowest BCUT2D eigenvalue weighted by molar-refractivity contribution is 0.0729. The number of hydrogen-bond acceptors (Lipinski definition) is 3. The Morgan fingerprint density at radius 1 is 1.47 bits per heavy atom. The Morgan fingerprint density at radius 2 is 2.35 bits per heavy atom. The minimum atomic E-state index is 0.726. The van der Waals surface area contributed by atoms with Crippen molar-refractivity contribution in [2.24, 2.45) is 5.92 Å². The maximum atomic E-state index is 5.40. The average molecular weight is 236 g/mol. The maximum absolute atomic E-state index is 5.40. The normalized spacial score (nSPS) is 23.9. The van der Waals surface area contributed by atoms with E-state index in [0.29, 0.717) is 0 Å². The van der Waals surface area contributed by atoms with Gasteiger partial charge in [-0.1, -0.05) is 6.92 Å². The summed E-state index contributed by atoms with van der Waals surface area (Å²) >= 11 is 0. The summed E-state index contributed by atoms with van der Waals surface area (Å²) in [6.45, 7) is 5.46. The highest BCUT2D eigenvalue weighted by Gasteiger charge is 2.33. The van der Waals surface area contributed by atoms with Crippen molar-refractivity contribution in [2.75, 3.05) is 20.1 Å². The van der Waals surface area contributed by atoms with Gasteiger partial charge >= 0.3 is 0 Å². The molecule has 0 aromatic carbocycles. The minimum Gasteiger partial charge on any atom is -0.468 e. The molecule has 2 rings (SSSR count). The van der Waals surface area contributed by atoms with Crippen molar-refractivity contribution in [3.8, 4) is 0 Å². The summed E-state index contributed by atoms with van der Waals surface area (Å²) in [4.78, 5) is 2.43. The van der Waals surface area contributed by atoms with E-state index in [-0.39, 0.29) is 0 Å². The molecule has 3 heteroatoms. The highest BCUT2D eigenvalue weighted by molar-refractivity contribution is 4.99. The smallest absolute Gasteiger partial charge is 0.117 e. The molecule has 0 spiro atoms. The topological polar surface area (TPSA) is 28.4 Å². The number of hydrogen-bond donors (Lipinski definition) is 1. The third-order valence-corrected chi connectivity index (χ3v) is 3.76. The van der Waals surface area contributed by atoms with E-state index in [0.717, 1.165) is 30.8 Å². The fraction of sp³-hybridized carbons (Fsp3) is 0.714. The Hall–Kier alpha value is -0.800. The second-order valence-corrected chi connectivity index (χ2v) is 5.10. The van der Waals surface area contributed by atoms with Crippen LogP contribution in [-0.2, 0) is 6.54 Å². The van der Waals surface area contributed by atoms with Crippen molar-refractivity contribution in [3.63, 3.8) is 0 Å². The van der Waals surface area contributed by atoms with Crippen molar-refractivity contribution >= 4 is 0 Å². The van der Waals surface area contributed by atoms with Gasteiger partial charge in [0.25, 0.3) is 0 Å². The molecule has 3 nitrogen and oxygen atoms in total. The molecule has 1 fully saturated rings. The fourth-order valence-corrected chi connectivity index (χ4v) is 2.60. The van der Waals surface area contributed by atoms with Gasteiger partial charge in [-0.25, -0.2) is 0 Å². The van der Waals surface area contributed by atoms with Gasteiger partial charge in [0.05, 0.1) is 12.8 Å². The summed E-state index contributed by atoms with van der Waals surface area (Å²) in [5.74, 6) is 1.89. The first kappa shape index (κ1) is 12.7. The van der Waals surface area contributed by atoms with Crippen molar-refractivity contribution < 1.29 is 4.42 Å². The van der Waals surface area contributed by atoms with Crippen LogP contribution in [0.15, 0.2) is 22.8 Å². The molecule has 0 radical (unpaired) electrons. The monoisotopic (exact) mass is 236 g/mol. The predicted octanol–water partition coefficient (Wildman–Crippen LogP) is 2.49. The first-order valence-electron chi connectivity index (χ1n) is 6.74. The highest BCUT2D eigenvalue weighted by atomic mass is 16.3. The van der Waals surface area contributed by atoms with Gasteiger partial charge in [0.15, 0.2) is 0 Å². The summed E-state index contributed by atoms with van der Waals surface area (Å²) < 4.78 is 5.40. The molecule has 0 saturated heterocycles. The number of rotatable bonds is 7. The standard InChI is InChI=1S/C14H24N2O/c1-3-8-15-10-12-6-7-14(12)16(2)11-13-5-4-9-17-13/h4-5,9,12,14-15H,3,6-8,10-11H2,1-2H3. The van der Waals surface area contributed by atoms with E-state index in [2.05, 4.69) is 30.3 Å². The van der Waals surface area contributed by atoms with Gasteiger partial charge in [0.1, 0.15) is 5.76 Å². The maximum Gasteiger partial charge on any atom is 0.117 e. The molecule has 1 heterocycles. The molecule has 0 aliphatic heterocycles. The van der Waals surface area contributed by atoms with Crippen LogP contribution < -0.4 is 5.32 Å². The molecule has 2 unspecified atom stereocenters. The fourth-order valence-electron chi connectivity index (χ4n) is 2.60. The predicted molar refractivity (Wildman–Crippen MR) is 69.8 cm³/mol. The van der Waals surface area contributed by atoms with Crippen molar-refractivity contribution in [1.82, 2.24) is 10.2 Å². The second kappa shape index (κ2) is 6.22. The third-order valence-electron chi connectivity index (χ3n) is 3.76. The van der Waals surface area contributed by atoms with E-state index in [1.165, 1.54) is 25.8 Å². The van der Waals surface area contributed by atoms with Crippen LogP contribution in [0.5, 0.6) is 0 Å². The molecule has 96 valence electrons. The molecule has 2 atom stereocenters. The zero-order valence-electron chi connectivity index (χ0n) is 11.0. The van der Waals surface area contributed by atoms with Crippen LogP contribution in [0, 0.1) is 5.92 Å². The summed E-state index contributed by atoms with van der Waals surface area (Å²) in [5.41, 5.74) is 0. The Kier molecular flexibility index (Phi) is 4.63. The van der Waals surface area contributed by atoms with Crippen molar-refractivity contribution in [1.29, 1.82) is 0 Å². The van der Waals surface area contributed by atoms with E-state index in [9.17, 15) is 0 Å². The van der Waals surface area contributed by atoms with E-state index < -0.39 is 0 Å². The van der Waals surface area contributed by atoms with Gasteiger partial charge in [0, 0.05) is 6.04 Å². The van der Waals surface area contributed by atoms with Gasteiger partial charge in [-0.05, 0) is 57.5 Å². The molecule has 1 saturated carbocycles. The number of nitrogens with zero attached hydrogens (tertiary/aromatic N) is 1. The molecule has 17 heavy (non-hydrogen) atoms. The number of nitrogens with one attached hydrogen (secondary N) is 1. The van der Waals surface area contributed by atoms with Crippen LogP contribution >= 0.6 is 0 Å². The highest BCUT2D eigenvalue weighted by Crippen LogP contribution is 2.31. The van der Waals surface area contributed by atoms with Gasteiger partial charge in [0.2, 0.25) is 0 Å². The summed E-state index contributed by atoms with van der Waals surface area (Å²) in [5, 5.41) is 3.53. The molecule has 0 amide bonds.